The lowest BCUT2D eigenvalue weighted by Crippen LogP contribution is -2.36. The molecule has 1 aliphatic carbocycles. The van der Waals surface area contributed by atoms with Gasteiger partial charge in [0.25, 0.3) is 5.91 Å². The molecule has 0 heterocycles. The van der Waals surface area contributed by atoms with Gasteiger partial charge in [0, 0.05) is 17.2 Å². The van der Waals surface area contributed by atoms with Crippen molar-refractivity contribution in [3.63, 3.8) is 0 Å². The predicted octanol–water partition coefficient (Wildman–Crippen LogP) is 5.20. The summed E-state index contributed by atoms with van der Waals surface area (Å²) in [4.78, 5) is 25.8. The van der Waals surface area contributed by atoms with Crippen LogP contribution in [0.25, 0.3) is 11.1 Å². The summed E-state index contributed by atoms with van der Waals surface area (Å²) in [5, 5.41) is 29.5. The molecule has 44 heavy (non-hydrogen) atoms. The van der Waals surface area contributed by atoms with Crippen LogP contribution in [0.4, 0.5) is 4.79 Å². The molecule has 1 saturated carbocycles. The van der Waals surface area contributed by atoms with Crippen molar-refractivity contribution in [2.24, 2.45) is 0 Å². The first kappa shape index (κ1) is 33.3. The Morgan fingerprint density at radius 1 is 1.02 bits per heavy atom. The number of rotatable bonds is 14. The lowest BCUT2D eigenvalue weighted by Gasteiger charge is -2.23. The Labute approximate surface area is 262 Å². The van der Waals surface area contributed by atoms with Gasteiger partial charge in [0.1, 0.15) is 12.4 Å². The number of carbonyl (C=O) groups excluding carboxylic acids is 1. The summed E-state index contributed by atoms with van der Waals surface area (Å²) in [6, 6.07) is 19.3. The van der Waals surface area contributed by atoms with Crippen LogP contribution in [0.3, 0.4) is 0 Å². The summed E-state index contributed by atoms with van der Waals surface area (Å²) < 4.78 is 32.5. The van der Waals surface area contributed by atoms with Gasteiger partial charge in [-0.2, -0.15) is 0 Å². The maximum atomic E-state index is 13.0. The second kappa shape index (κ2) is 15.4. The number of nitrogens with zero attached hydrogens (tertiary/aromatic N) is 1. The molecule has 2 amide bonds. The number of amides is 2. The van der Waals surface area contributed by atoms with Crippen LogP contribution >= 0.6 is 11.6 Å². The summed E-state index contributed by atoms with van der Waals surface area (Å²) in [7, 11) is -3.86. The molecule has 0 saturated heterocycles. The molecule has 4 rings (SSSR count). The van der Waals surface area contributed by atoms with E-state index in [1.54, 1.807) is 48.5 Å². The van der Waals surface area contributed by atoms with Crippen molar-refractivity contribution in [2.75, 3.05) is 32.1 Å². The number of carbonyl (C=O) groups is 2. The molecule has 236 valence electrons. The molecule has 0 aromatic heterocycles. The van der Waals surface area contributed by atoms with Crippen LogP contribution in [0.5, 0.6) is 5.75 Å². The fourth-order valence-electron chi connectivity index (χ4n) is 5.34. The third kappa shape index (κ3) is 9.18. The van der Waals surface area contributed by atoms with Gasteiger partial charge in [0.05, 0.1) is 24.9 Å². The monoisotopic (exact) mass is 644 g/mol. The molecule has 1 atom stereocenters. The van der Waals surface area contributed by atoms with Crippen molar-refractivity contribution < 1.29 is 38.1 Å². The van der Waals surface area contributed by atoms with Crippen LogP contribution < -0.4 is 9.46 Å². The molecule has 4 N–H and O–H groups in total. The highest BCUT2D eigenvalue weighted by atomic mass is 35.5. The van der Waals surface area contributed by atoms with E-state index in [4.69, 9.17) is 21.4 Å². The van der Waals surface area contributed by atoms with Gasteiger partial charge >= 0.3 is 6.09 Å². The van der Waals surface area contributed by atoms with E-state index in [1.807, 2.05) is 18.2 Å². The number of aliphatic hydroxyl groups is 2. The van der Waals surface area contributed by atoms with Crippen LogP contribution in [0, 0.1) is 0 Å². The first-order chi connectivity index (χ1) is 21.1. The van der Waals surface area contributed by atoms with Crippen molar-refractivity contribution in [1.82, 2.24) is 9.62 Å². The standard InChI is InChI=1S/C32H37ClN2O8S/c33-26-8-3-7-25(19-26)30(37)21-35(32(39)40)15-17-43-27-12-9-22(10-13-27)24-11-14-28(29(20-24)23-5-1-2-6-23)31(38)34-44(41,42)18-4-16-36/h3,7-14,19-20,23,30,36-37H,1-2,4-6,15-18,21H2,(H,34,38)(H,39,40)/t30-/m1/s1. The summed E-state index contributed by atoms with van der Waals surface area (Å²) in [6.07, 6.45) is 1.73. The summed E-state index contributed by atoms with van der Waals surface area (Å²) in [5.74, 6) is -0.321. The van der Waals surface area contributed by atoms with Gasteiger partial charge in [0.2, 0.25) is 10.0 Å². The van der Waals surface area contributed by atoms with Crippen molar-refractivity contribution in [2.45, 2.75) is 44.1 Å². The van der Waals surface area contributed by atoms with Crippen LogP contribution in [-0.2, 0) is 10.0 Å². The molecular formula is C32H37ClN2O8S. The SMILES string of the molecule is O=C(NS(=O)(=O)CCCO)c1ccc(-c2ccc(OCCN(C[C@@H](O)c3cccc(Cl)c3)C(=O)O)cc2)cc1C1CCCC1. The van der Waals surface area contributed by atoms with Gasteiger partial charge in [-0.3, -0.25) is 4.79 Å². The van der Waals surface area contributed by atoms with E-state index in [0.717, 1.165) is 47.3 Å². The average molecular weight is 645 g/mol. The second-order valence-corrected chi connectivity index (χ2v) is 13.1. The van der Waals surface area contributed by atoms with Crippen LogP contribution in [0.1, 0.15) is 65.6 Å². The van der Waals surface area contributed by atoms with Crippen molar-refractivity contribution >= 4 is 33.6 Å². The molecule has 0 unspecified atom stereocenters. The summed E-state index contributed by atoms with van der Waals surface area (Å²) >= 11 is 5.98. The first-order valence-corrected chi connectivity index (χ1v) is 16.5. The fraction of sp³-hybridized carbons (Fsp3) is 0.375. The fourth-order valence-corrected chi connectivity index (χ4v) is 6.54. The maximum Gasteiger partial charge on any atom is 0.407 e. The minimum atomic E-state index is -3.86. The third-order valence-corrected chi connectivity index (χ3v) is 9.18. The molecule has 1 fully saturated rings. The lowest BCUT2D eigenvalue weighted by atomic mass is 9.89. The molecule has 3 aromatic rings. The Balaban J connectivity index is 1.41. The van der Waals surface area contributed by atoms with E-state index < -0.39 is 28.1 Å². The second-order valence-electron chi connectivity index (χ2n) is 10.8. The van der Waals surface area contributed by atoms with Gasteiger partial charge in [0.15, 0.2) is 0 Å². The van der Waals surface area contributed by atoms with E-state index in [9.17, 15) is 28.2 Å². The Bertz CT molecular complexity index is 1540. The minimum Gasteiger partial charge on any atom is -0.492 e. The van der Waals surface area contributed by atoms with E-state index >= 15 is 0 Å². The zero-order valence-corrected chi connectivity index (χ0v) is 25.8. The van der Waals surface area contributed by atoms with Gasteiger partial charge in [-0.15, -0.1) is 0 Å². The topological polar surface area (TPSA) is 153 Å². The Morgan fingerprint density at radius 3 is 2.39 bits per heavy atom. The average Bonchev–Trinajstić information content (AvgIpc) is 3.54. The number of aliphatic hydroxyl groups excluding tert-OH is 2. The zero-order valence-electron chi connectivity index (χ0n) is 24.2. The van der Waals surface area contributed by atoms with E-state index in [0.29, 0.717) is 21.9 Å². The number of hydrogen-bond donors (Lipinski definition) is 4. The number of halogens is 1. The number of ether oxygens (including phenoxy) is 1. The minimum absolute atomic E-state index is 0.0404. The van der Waals surface area contributed by atoms with E-state index in [2.05, 4.69) is 4.72 Å². The number of carboxylic acid groups (broad SMARTS) is 1. The molecule has 0 radical (unpaired) electrons. The van der Waals surface area contributed by atoms with Gasteiger partial charge in [-0.05, 0) is 77.8 Å². The number of sulfonamides is 1. The van der Waals surface area contributed by atoms with Crippen LogP contribution in [-0.4, -0.2) is 72.7 Å². The van der Waals surface area contributed by atoms with Crippen molar-refractivity contribution in [1.29, 1.82) is 0 Å². The Hall–Kier alpha value is -3.64. The van der Waals surface area contributed by atoms with E-state index in [1.165, 1.54) is 0 Å². The third-order valence-electron chi connectivity index (χ3n) is 7.63. The van der Waals surface area contributed by atoms with Gasteiger partial charge in [-0.1, -0.05) is 60.8 Å². The summed E-state index contributed by atoms with van der Waals surface area (Å²) in [5.41, 5.74) is 3.40. The molecule has 0 spiro atoms. The quantitative estimate of drug-likeness (QED) is 0.187. The lowest BCUT2D eigenvalue weighted by molar-refractivity contribution is 0.0894. The largest absolute Gasteiger partial charge is 0.492 e. The highest BCUT2D eigenvalue weighted by molar-refractivity contribution is 7.90. The Kier molecular flexibility index (Phi) is 11.6. The predicted molar refractivity (Wildman–Crippen MR) is 168 cm³/mol. The van der Waals surface area contributed by atoms with Crippen LogP contribution in [0.2, 0.25) is 5.02 Å². The highest BCUT2D eigenvalue weighted by Crippen LogP contribution is 2.38. The molecule has 1 aliphatic rings. The van der Waals surface area contributed by atoms with Gasteiger partial charge < -0.3 is 25.0 Å². The zero-order chi connectivity index (χ0) is 31.7. The van der Waals surface area contributed by atoms with E-state index in [-0.39, 0.29) is 44.4 Å². The molecule has 0 bridgehead atoms. The maximum absolute atomic E-state index is 13.0. The smallest absolute Gasteiger partial charge is 0.407 e. The molecule has 12 heteroatoms. The molecular weight excluding hydrogens is 608 g/mol. The highest BCUT2D eigenvalue weighted by Gasteiger charge is 2.25. The van der Waals surface area contributed by atoms with Gasteiger partial charge in [-0.25, -0.2) is 17.9 Å². The number of nitrogens with one attached hydrogen (secondary N) is 1. The normalized spacial score (nSPS) is 14.2. The van der Waals surface area contributed by atoms with Crippen molar-refractivity contribution in [3.8, 4) is 16.9 Å². The summed E-state index contributed by atoms with van der Waals surface area (Å²) in [6.45, 7) is -0.302. The van der Waals surface area contributed by atoms with Crippen LogP contribution in [0.15, 0.2) is 66.7 Å². The number of hydrogen-bond acceptors (Lipinski definition) is 7. The Morgan fingerprint density at radius 2 is 1.73 bits per heavy atom. The molecule has 3 aromatic carbocycles. The van der Waals surface area contributed by atoms with Crippen molar-refractivity contribution in [3.05, 3.63) is 88.4 Å². The molecule has 0 aliphatic heterocycles. The molecule has 10 nitrogen and oxygen atoms in total. The number of benzene rings is 3. The first-order valence-electron chi connectivity index (χ1n) is 14.5.